The van der Waals surface area contributed by atoms with Gasteiger partial charge in [0, 0.05) is 0 Å². The highest BCUT2D eigenvalue weighted by molar-refractivity contribution is 6.06. The molecule has 1 N–H and O–H groups in total. The predicted molar refractivity (Wildman–Crippen MR) is 101 cm³/mol. The van der Waals surface area contributed by atoms with Crippen LogP contribution in [0.25, 0.3) is 22.8 Å². The van der Waals surface area contributed by atoms with Crippen molar-refractivity contribution in [1.29, 1.82) is 0 Å². The van der Waals surface area contributed by atoms with Gasteiger partial charge in [-0.3, -0.25) is 0 Å². The molecule has 0 radical (unpaired) electrons. The zero-order chi connectivity index (χ0) is 16.7. The molecule has 1 nitrogen and oxygen atoms in total. The van der Waals surface area contributed by atoms with Gasteiger partial charge >= 0.3 is 0 Å². The first-order valence-corrected chi connectivity index (χ1v) is 8.30. The second kappa shape index (κ2) is 5.77. The summed E-state index contributed by atoms with van der Waals surface area (Å²) in [5.41, 5.74) is 11.0. The molecule has 1 aliphatic rings. The lowest BCUT2D eigenvalue weighted by Crippen LogP contribution is -1.90. The third-order valence-corrected chi connectivity index (χ3v) is 4.75. The second-order valence-corrected chi connectivity index (χ2v) is 6.51. The Bertz CT molecular complexity index is 910. The van der Waals surface area contributed by atoms with Gasteiger partial charge in [-0.15, -0.1) is 0 Å². The van der Waals surface area contributed by atoms with E-state index in [1.807, 2.05) is 18.2 Å². The lowest BCUT2D eigenvalue weighted by atomic mass is 9.97. The van der Waals surface area contributed by atoms with E-state index in [0.29, 0.717) is 0 Å². The summed E-state index contributed by atoms with van der Waals surface area (Å²) in [4.78, 5) is 0. The molecule has 0 aliphatic heterocycles. The maximum absolute atomic E-state index is 9.64. The van der Waals surface area contributed by atoms with Crippen molar-refractivity contribution < 1.29 is 5.11 Å². The molecule has 0 atom stereocenters. The molecule has 1 heteroatoms. The highest BCUT2D eigenvalue weighted by atomic mass is 16.3. The van der Waals surface area contributed by atoms with E-state index in [1.54, 1.807) is 0 Å². The van der Waals surface area contributed by atoms with Crippen LogP contribution in [0.1, 0.15) is 33.4 Å². The van der Waals surface area contributed by atoms with Gasteiger partial charge in [-0.25, -0.2) is 0 Å². The monoisotopic (exact) mass is 312 g/mol. The molecule has 118 valence electrons. The molecule has 0 aromatic heterocycles. The van der Waals surface area contributed by atoms with E-state index in [-0.39, 0.29) is 6.61 Å². The van der Waals surface area contributed by atoms with Crippen molar-refractivity contribution in [3.63, 3.8) is 0 Å². The maximum Gasteiger partial charge on any atom is 0.0687 e. The Morgan fingerprint density at radius 3 is 1.92 bits per heavy atom. The molecule has 0 unspecified atom stereocenters. The van der Waals surface area contributed by atoms with Gasteiger partial charge in [0.15, 0.2) is 0 Å². The molecule has 0 heterocycles. The zero-order valence-corrected chi connectivity index (χ0v) is 14.0. The van der Waals surface area contributed by atoms with Gasteiger partial charge in [-0.2, -0.15) is 0 Å². The summed E-state index contributed by atoms with van der Waals surface area (Å²) in [6, 6.07) is 21.4. The number of aliphatic hydroxyl groups is 1. The summed E-state index contributed by atoms with van der Waals surface area (Å²) in [6.45, 7) is 4.32. The second-order valence-electron chi connectivity index (χ2n) is 6.51. The van der Waals surface area contributed by atoms with Crippen LogP contribution in [0, 0.1) is 13.8 Å². The Kier molecular flexibility index (Phi) is 3.59. The van der Waals surface area contributed by atoms with Crippen molar-refractivity contribution in [2.45, 2.75) is 20.5 Å². The Morgan fingerprint density at radius 2 is 1.33 bits per heavy atom. The number of rotatable bonds is 2. The summed E-state index contributed by atoms with van der Waals surface area (Å²) in [6.07, 6.45) is 2.22. The zero-order valence-electron chi connectivity index (χ0n) is 14.0. The number of aliphatic hydroxyl groups excluding tert-OH is 1. The number of hydrogen-bond acceptors (Lipinski definition) is 1. The normalized spacial score (nSPS) is 12.0. The van der Waals surface area contributed by atoms with Crippen LogP contribution < -0.4 is 0 Å². The SMILES string of the molecule is Cc1ccc2c(c1)C(=Cc1ccccc1CO)c1cc(C)ccc1-2. The van der Waals surface area contributed by atoms with Crippen molar-refractivity contribution in [3.8, 4) is 11.1 Å². The van der Waals surface area contributed by atoms with Crippen molar-refractivity contribution >= 4 is 11.6 Å². The number of hydrogen-bond donors (Lipinski definition) is 1. The van der Waals surface area contributed by atoms with E-state index < -0.39 is 0 Å². The molecule has 0 fully saturated rings. The van der Waals surface area contributed by atoms with E-state index >= 15 is 0 Å². The van der Waals surface area contributed by atoms with Crippen LogP contribution in [0.4, 0.5) is 0 Å². The molecule has 0 saturated carbocycles. The molecule has 3 aromatic carbocycles. The van der Waals surface area contributed by atoms with Crippen molar-refractivity contribution in [1.82, 2.24) is 0 Å². The Morgan fingerprint density at radius 1 is 0.750 bits per heavy atom. The largest absolute Gasteiger partial charge is 0.392 e. The first-order chi connectivity index (χ1) is 11.7. The van der Waals surface area contributed by atoms with Crippen LogP contribution in [0.15, 0.2) is 60.7 Å². The topological polar surface area (TPSA) is 20.2 Å². The maximum atomic E-state index is 9.64. The van der Waals surface area contributed by atoms with Gasteiger partial charge in [0.2, 0.25) is 0 Å². The molecular weight excluding hydrogens is 292 g/mol. The van der Waals surface area contributed by atoms with E-state index in [0.717, 1.165) is 11.1 Å². The fourth-order valence-corrected chi connectivity index (χ4v) is 3.51. The minimum atomic E-state index is 0.0568. The van der Waals surface area contributed by atoms with Gasteiger partial charge in [0.1, 0.15) is 0 Å². The average molecular weight is 312 g/mol. The highest BCUT2D eigenvalue weighted by Gasteiger charge is 2.23. The summed E-state index contributed by atoms with van der Waals surface area (Å²) in [5.74, 6) is 0. The summed E-state index contributed by atoms with van der Waals surface area (Å²) in [5, 5.41) is 9.64. The van der Waals surface area contributed by atoms with Crippen LogP contribution in [-0.4, -0.2) is 5.11 Å². The van der Waals surface area contributed by atoms with Crippen molar-refractivity contribution in [2.75, 3.05) is 0 Å². The quantitative estimate of drug-likeness (QED) is 0.528. The third kappa shape index (κ3) is 2.38. The number of benzene rings is 3. The first kappa shape index (κ1) is 14.9. The molecule has 4 rings (SSSR count). The molecule has 0 bridgehead atoms. The lowest BCUT2D eigenvalue weighted by Gasteiger charge is -2.07. The van der Waals surface area contributed by atoms with Gasteiger partial charge in [0.25, 0.3) is 0 Å². The Hall–Kier alpha value is -2.64. The molecule has 1 aliphatic carbocycles. The van der Waals surface area contributed by atoms with Crippen LogP contribution in [0.3, 0.4) is 0 Å². The fourth-order valence-electron chi connectivity index (χ4n) is 3.51. The first-order valence-electron chi connectivity index (χ1n) is 8.30. The molecule has 3 aromatic rings. The molecule has 24 heavy (non-hydrogen) atoms. The van der Waals surface area contributed by atoms with Crippen molar-refractivity contribution in [3.05, 3.63) is 94.0 Å². The molecule has 0 saturated heterocycles. The Labute approximate surface area is 142 Å². The van der Waals surface area contributed by atoms with Gasteiger partial charge in [0.05, 0.1) is 6.61 Å². The number of fused-ring (bicyclic) bond motifs is 3. The molecule has 0 spiro atoms. The van der Waals surface area contributed by atoms with E-state index in [1.165, 1.54) is 39.0 Å². The van der Waals surface area contributed by atoms with Crippen LogP contribution in [-0.2, 0) is 6.61 Å². The van der Waals surface area contributed by atoms with Crippen LogP contribution in [0.5, 0.6) is 0 Å². The van der Waals surface area contributed by atoms with Gasteiger partial charge in [-0.1, -0.05) is 71.8 Å². The summed E-state index contributed by atoms with van der Waals surface area (Å²) < 4.78 is 0. The average Bonchev–Trinajstić information content (AvgIpc) is 2.88. The molecular formula is C23H20O. The van der Waals surface area contributed by atoms with E-state index in [2.05, 4.69) is 62.4 Å². The van der Waals surface area contributed by atoms with Crippen LogP contribution >= 0.6 is 0 Å². The minimum absolute atomic E-state index is 0.0568. The number of aryl methyl sites for hydroxylation is 2. The summed E-state index contributed by atoms with van der Waals surface area (Å²) >= 11 is 0. The van der Waals surface area contributed by atoms with Crippen molar-refractivity contribution in [2.24, 2.45) is 0 Å². The van der Waals surface area contributed by atoms with Gasteiger partial charge in [-0.05, 0) is 58.9 Å². The van der Waals surface area contributed by atoms with Crippen LogP contribution in [0.2, 0.25) is 0 Å². The standard InChI is InChI=1S/C23H20O/c1-15-7-9-19-20-10-8-16(2)12-22(20)23(21(19)11-15)13-17-5-3-4-6-18(17)14-24/h3-13,24H,14H2,1-2H3. The molecule has 0 amide bonds. The smallest absolute Gasteiger partial charge is 0.0687 e. The Balaban J connectivity index is 2.00. The highest BCUT2D eigenvalue weighted by Crippen LogP contribution is 2.45. The van der Waals surface area contributed by atoms with E-state index in [4.69, 9.17) is 0 Å². The fraction of sp³-hybridized carbons (Fsp3) is 0.130. The lowest BCUT2D eigenvalue weighted by molar-refractivity contribution is 0.281. The van der Waals surface area contributed by atoms with E-state index in [9.17, 15) is 5.11 Å². The third-order valence-electron chi connectivity index (χ3n) is 4.75. The summed E-state index contributed by atoms with van der Waals surface area (Å²) in [7, 11) is 0. The minimum Gasteiger partial charge on any atom is -0.392 e. The predicted octanol–water partition coefficient (Wildman–Crippen LogP) is 5.37. The van der Waals surface area contributed by atoms with Gasteiger partial charge < -0.3 is 5.11 Å².